The Labute approximate surface area is 121 Å². The Hall–Kier alpha value is 0.140. The summed E-state index contributed by atoms with van der Waals surface area (Å²) >= 11 is 7.25. The lowest BCUT2D eigenvalue weighted by molar-refractivity contribution is 0.233. The summed E-state index contributed by atoms with van der Waals surface area (Å²) in [5, 5.41) is 3.52. The minimum atomic E-state index is 0.387. The van der Waals surface area contributed by atoms with Crippen LogP contribution in [0.5, 0.6) is 0 Å². The Morgan fingerprint density at radius 1 is 1.24 bits per heavy atom. The number of benzene rings is 1. The molecule has 1 aliphatic carbocycles. The van der Waals surface area contributed by atoms with Crippen molar-refractivity contribution in [2.75, 3.05) is 7.05 Å². The van der Waals surface area contributed by atoms with Gasteiger partial charge in [0.25, 0.3) is 0 Å². The molecule has 0 spiro atoms. The summed E-state index contributed by atoms with van der Waals surface area (Å²) in [6, 6.07) is 6.87. The van der Waals surface area contributed by atoms with E-state index in [0.29, 0.717) is 11.5 Å². The van der Waals surface area contributed by atoms with Crippen LogP contribution in [0.4, 0.5) is 0 Å². The Kier molecular flexibility index (Phi) is 4.32. The lowest BCUT2D eigenvalue weighted by atomic mass is 9.77. The molecule has 1 fully saturated rings. The molecule has 17 heavy (non-hydrogen) atoms. The van der Waals surface area contributed by atoms with E-state index in [1.807, 2.05) is 0 Å². The minimum absolute atomic E-state index is 0.387. The van der Waals surface area contributed by atoms with Gasteiger partial charge in [-0.05, 0) is 49.1 Å². The highest BCUT2D eigenvalue weighted by atomic mass is 79.9. The smallest absolute Gasteiger partial charge is 0.0383 e. The molecule has 0 aliphatic heterocycles. The molecule has 94 valence electrons. The van der Waals surface area contributed by atoms with Crippen molar-refractivity contribution in [3.05, 3.63) is 32.7 Å². The van der Waals surface area contributed by atoms with Crippen LogP contribution in [-0.2, 0) is 0 Å². The molecule has 0 radical (unpaired) electrons. The van der Waals surface area contributed by atoms with E-state index in [9.17, 15) is 0 Å². The molecule has 1 unspecified atom stereocenters. The molecule has 1 aliphatic rings. The third-order valence-corrected chi connectivity index (χ3v) is 5.22. The first-order valence-electron chi connectivity index (χ1n) is 6.19. The van der Waals surface area contributed by atoms with Crippen molar-refractivity contribution in [1.82, 2.24) is 5.32 Å². The summed E-state index contributed by atoms with van der Waals surface area (Å²) in [7, 11) is 2.07. The second-order valence-corrected chi connectivity index (χ2v) is 7.02. The maximum absolute atomic E-state index is 3.68. The standard InChI is InChI=1S/C14H19Br2N/c1-14(7-3-4-8-14)13(17-2)11-9-10(15)5-6-12(11)16/h5-6,9,13,17H,3-4,7-8H2,1-2H3. The number of nitrogens with one attached hydrogen (secondary N) is 1. The Bertz CT molecular complexity index is 397. The fourth-order valence-corrected chi connectivity index (χ4v) is 3.94. The van der Waals surface area contributed by atoms with Crippen LogP contribution in [0.15, 0.2) is 27.1 Å². The lowest BCUT2D eigenvalue weighted by Gasteiger charge is -2.35. The molecule has 1 nitrogen and oxygen atoms in total. The summed E-state index contributed by atoms with van der Waals surface area (Å²) in [6.07, 6.45) is 5.36. The van der Waals surface area contributed by atoms with Crippen LogP contribution in [0.1, 0.15) is 44.2 Å². The Morgan fingerprint density at radius 2 is 1.88 bits per heavy atom. The quantitative estimate of drug-likeness (QED) is 0.794. The first kappa shape index (κ1) is 13.6. The first-order chi connectivity index (χ1) is 8.07. The molecule has 0 bridgehead atoms. The molecule has 3 heteroatoms. The van der Waals surface area contributed by atoms with Crippen molar-refractivity contribution in [1.29, 1.82) is 0 Å². The van der Waals surface area contributed by atoms with E-state index in [0.717, 1.165) is 4.47 Å². The van der Waals surface area contributed by atoms with Gasteiger partial charge in [0, 0.05) is 15.0 Å². The third kappa shape index (κ3) is 2.77. The summed E-state index contributed by atoms with van der Waals surface area (Å²) in [4.78, 5) is 0. The van der Waals surface area contributed by atoms with Crippen molar-refractivity contribution < 1.29 is 0 Å². The van der Waals surface area contributed by atoms with Gasteiger partial charge in [-0.1, -0.05) is 51.6 Å². The maximum Gasteiger partial charge on any atom is 0.0383 e. The van der Waals surface area contributed by atoms with Crippen LogP contribution < -0.4 is 5.32 Å². The minimum Gasteiger partial charge on any atom is -0.313 e. The van der Waals surface area contributed by atoms with Gasteiger partial charge in [-0.15, -0.1) is 0 Å². The fourth-order valence-electron chi connectivity index (χ4n) is 3.09. The maximum atomic E-state index is 3.68. The molecule has 0 heterocycles. The van der Waals surface area contributed by atoms with Crippen LogP contribution in [0.2, 0.25) is 0 Å². The predicted molar refractivity (Wildman–Crippen MR) is 80.2 cm³/mol. The molecular formula is C14H19Br2N. The lowest BCUT2D eigenvalue weighted by Crippen LogP contribution is -2.32. The molecule has 0 saturated heterocycles. The molecular weight excluding hydrogens is 342 g/mol. The zero-order chi connectivity index (χ0) is 12.5. The topological polar surface area (TPSA) is 12.0 Å². The van der Waals surface area contributed by atoms with E-state index in [1.54, 1.807) is 0 Å². The molecule has 1 saturated carbocycles. The number of rotatable bonds is 3. The largest absolute Gasteiger partial charge is 0.313 e. The molecule has 2 rings (SSSR count). The zero-order valence-electron chi connectivity index (χ0n) is 10.4. The van der Waals surface area contributed by atoms with Gasteiger partial charge in [0.05, 0.1) is 0 Å². The molecule has 0 aromatic heterocycles. The predicted octanol–water partition coefficient (Wildman–Crippen LogP) is 5.05. The van der Waals surface area contributed by atoms with E-state index < -0.39 is 0 Å². The Balaban J connectivity index is 2.37. The van der Waals surface area contributed by atoms with Crippen molar-refractivity contribution in [2.24, 2.45) is 5.41 Å². The van der Waals surface area contributed by atoms with E-state index in [-0.39, 0.29) is 0 Å². The fraction of sp³-hybridized carbons (Fsp3) is 0.571. The molecule has 0 amide bonds. The van der Waals surface area contributed by atoms with Crippen LogP contribution in [0, 0.1) is 5.41 Å². The van der Waals surface area contributed by atoms with Crippen molar-refractivity contribution in [3.8, 4) is 0 Å². The monoisotopic (exact) mass is 359 g/mol. The first-order valence-corrected chi connectivity index (χ1v) is 7.78. The summed E-state index contributed by atoms with van der Waals surface area (Å²) < 4.78 is 2.35. The van der Waals surface area contributed by atoms with E-state index in [1.165, 1.54) is 35.7 Å². The normalized spacial score (nSPS) is 20.5. The van der Waals surface area contributed by atoms with Gasteiger partial charge in [0.1, 0.15) is 0 Å². The van der Waals surface area contributed by atoms with Crippen molar-refractivity contribution in [2.45, 2.75) is 38.6 Å². The summed E-state index contributed by atoms with van der Waals surface area (Å²) in [5.41, 5.74) is 1.75. The van der Waals surface area contributed by atoms with Crippen LogP contribution in [0.3, 0.4) is 0 Å². The van der Waals surface area contributed by atoms with Gasteiger partial charge < -0.3 is 5.32 Å². The number of hydrogen-bond acceptors (Lipinski definition) is 1. The highest BCUT2D eigenvalue weighted by molar-refractivity contribution is 9.11. The SMILES string of the molecule is CNC(c1cc(Br)ccc1Br)C1(C)CCCC1. The average molecular weight is 361 g/mol. The van der Waals surface area contributed by atoms with E-state index in [2.05, 4.69) is 69.3 Å². The van der Waals surface area contributed by atoms with Crippen molar-refractivity contribution in [3.63, 3.8) is 0 Å². The summed E-state index contributed by atoms with van der Waals surface area (Å²) in [5.74, 6) is 0. The van der Waals surface area contributed by atoms with E-state index in [4.69, 9.17) is 0 Å². The van der Waals surface area contributed by atoms with Crippen LogP contribution >= 0.6 is 31.9 Å². The zero-order valence-corrected chi connectivity index (χ0v) is 13.6. The van der Waals surface area contributed by atoms with Crippen LogP contribution in [-0.4, -0.2) is 7.05 Å². The molecule has 1 aromatic rings. The molecule has 1 atom stereocenters. The second kappa shape index (κ2) is 5.41. The van der Waals surface area contributed by atoms with Gasteiger partial charge in [-0.3, -0.25) is 0 Å². The van der Waals surface area contributed by atoms with Gasteiger partial charge >= 0.3 is 0 Å². The Morgan fingerprint density at radius 3 is 2.47 bits per heavy atom. The highest BCUT2D eigenvalue weighted by Crippen LogP contribution is 2.48. The molecule has 1 aromatic carbocycles. The van der Waals surface area contributed by atoms with Crippen LogP contribution in [0.25, 0.3) is 0 Å². The van der Waals surface area contributed by atoms with Crippen molar-refractivity contribution >= 4 is 31.9 Å². The average Bonchev–Trinajstić information content (AvgIpc) is 2.72. The van der Waals surface area contributed by atoms with Gasteiger partial charge in [-0.2, -0.15) is 0 Å². The second-order valence-electron chi connectivity index (χ2n) is 5.25. The highest BCUT2D eigenvalue weighted by Gasteiger charge is 2.37. The van der Waals surface area contributed by atoms with Gasteiger partial charge in [0.2, 0.25) is 0 Å². The summed E-state index contributed by atoms with van der Waals surface area (Å²) in [6.45, 7) is 2.41. The number of hydrogen-bond donors (Lipinski definition) is 1. The number of halogens is 2. The third-order valence-electron chi connectivity index (χ3n) is 4.00. The van der Waals surface area contributed by atoms with Gasteiger partial charge in [0.15, 0.2) is 0 Å². The van der Waals surface area contributed by atoms with E-state index >= 15 is 0 Å². The molecule has 1 N–H and O–H groups in total. The van der Waals surface area contributed by atoms with Gasteiger partial charge in [-0.25, -0.2) is 0 Å².